The number of nitrogens with one attached hydrogen (secondary N) is 1. The van der Waals surface area contributed by atoms with E-state index in [9.17, 15) is 31.1 Å². The molecular weight excluding hydrogens is 380 g/mol. The molecule has 0 bridgehead atoms. The number of aliphatic carboxylic acids is 1. The number of carboxylic acid groups (broad SMARTS) is 1. The van der Waals surface area contributed by atoms with Gasteiger partial charge in [-0.25, -0.2) is 4.39 Å². The molecule has 1 aromatic carbocycles. The van der Waals surface area contributed by atoms with Gasteiger partial charge < -0.3 is 15.2 Å². The maximum absolute atomic E-state index is 13.2. The zero-order valence-corrected chi connectivity index (χ0v) is 14.1. The number of rotatable bonds is 7. The van der Waals surface area contributed by atoms with Gasteiger partial charge in [-0.1, -0.05) is 12.1 Å². The van der Waals surface area contributed by atoms with Crippen LogP contribution < -0.4 is 10.1 Å². The molecule has 0 aromatic heterocycles. The second-order valence-electron chi connectivity index (χ2n) is 6.48. The third-order valence-corrected chi connectivity index (χ3v) is 4.43. The van der Waals surface area contributed by atoms with Gasteiger partial charge in [-0.3, -0.25) is 4.79 Å². The second-order valence-corrected chi connectivity index (χ2v) is 6.48. The fourth-order valence-electron chi connectivity index (χ4n) is 2.88. The summed E-state index contributed by atoms with van der Waals surface area (Å²) >= 11 is 0. The van der Waals surface area contributed by atoms with Crippen molar-refractivity contribution in [2.45, 2.75) is 56.7 Å². The Kier molecular flexibility index (Phi) is 6.61. The zero-order chi connectivity index (χ0) is 20.2. The van der Waals surface area contributed by atoms with E-state index in [4.69, 9.17) is 5.11 Å². The highest BCUT2D eigenvalue weighted by molar-refractivity contribution is 5.70. The molecular formula is C17H19F6NO3. The van der Waals surface area contributed by atoms with E-state index < -0.39 is 30.2 Å². The van der Waals surface area contributed by atoms with Crippen LogP contribution in [0.2, 0.25) is 0 Å². The van der Waals surface area contributed by atoms with E-state index in [1.54, 1.807) is 0 Å². The standard InChI is InChI=1S/C17H19F6NO3/c18-15(16(19,20)21)17(22,23)27-13-7-1-10(2-8-13)9-24-12-5-3-11(4-6-12)14(25)26/h1-2,7-8,11-12,15,24H,3-6,9H2,(H,25,26). The van der Waals surface area contributed by atoms with Gasteiger partial charge in [0, 0.05) is 12.6 Å². The molecule has 0 heterocycles. The fraction of sp³-hybridized carbons (Fsp3) is 0.588. The minimum Gasteiger partial charge on any atom is -0.481 e. The van der Waals surface area contributed by atoms with Crippen molar-refractivity contribution >= 4 is 5.97 Å². The SMILES string of the molecule is O=C(O)C1CCC(NCc2ccc(OC(F)(F)C(F)C(F)(F)F)cc2)CC1. The van der Waals surface area contributed by atoms with E-state index in [-0.39, 0.29) is 12.0 Å². The Morgan fingerprint density at radius 3 is 2.15 bits per heavy atom. The highest BCUT2D eigenvalue weighted by atomic mass is 19.4. The van der Waals surface area contributed by atoms with Gasteiger partial charge in [0.2, 0.25) is 0 Å². The van der Waals surface area contributed by atoms with Crippen molar-refractivity contribution in [1.29, 1.82) is 0 Å². The molecule has 2 rings (SSSR count). The first-order valence-corrected chi connectivity index (χ1v) is 8.32. The summed E-state index contributed by atoms with van der Waals surface area (Å²) in [6.45, 7) is 0.368. The lowest BCUT2D eigenvalue weighted by Crippen LogP contribution is -2.45. The van der Waals surface area contributed by atoms with Gasteiger partial charge in [0.15, 0.2) is 0 Å². The quantitative estimate of drug-likeness (QED) is 0.672. The monoisotopic (exact) mass is 399 g/mol. The number of hydrogen-bond acceptors (Lipinski definition) is 3. The number of ether oxygens (including phenoxy) is 1. The Hall–Kier alpha value is -1.97. The Bertz CT molecular complexity index is 627. The van der Waals surface area contributed by atoms with Gasteiger partial charge in [-0.05, 0) is 43.4 Å². The van der Waals surface area contributed by atoms with E-state index in [1.165, 1.54) is 12.1 Å². The first-order chi connectivity index (χ1) is 12.5. The molecule has 0 saturated heterocycles. The average Bonchev–Trinajstić information content (AvgIpc) is 2.59. The maximum Gasteiger partial charge on any atom is 0.439 e. The van der Waals surface area contributed by atoms with Crippen molar-refractivity contribution in [1.82, 2.24) is 5.32 Å². The lowest BCUT2D eigenvalue weighted by molar-refractivity contribution is -0.304. The van der Waals surface area contributed by atoms with Crippen molar-refractivity contribution in [3.05, 3.63) is 29.8 Å². The summed E-state index contributed by atoms with van der Waals surface area (Å²) in [5.74, 6) is -1.73. The smallest absolute Gasteiger partial charge is 0.439 e. The molecule has 1 aliphatic carbocycles. The highest BCUT2D eigenvalue weighted by Crippen LogP contribution is 2.36. The van der Waals surface area contributed by atoms with Crippen LogP contribution >= 0.6 is 0 Å². The van der Waals surface area contributed by atoms with Crippen LogP contribution in [0.1, 0.15) is 31.2 Å². The minimum atomic E-state index is -5.73. The van der Waals surface area contributed by atoms with Gasteiger partial charge in [-0.2, -0.15) is 22.0 Å². The summed E-state index contributed by atoms with van der Waals surface area (Å²) in [7, 11) is 0. The molecule has 1 aromatic rings. The molecule has 152 valence electrons. The third-order valence-electron chi connectivity index (χ3n) is 4.43. The Morgan fingerprint density at radius 1 is 1.11 bits per heavy atom. The number of carbonyl (C=O) groups is 1. The van der Waals surface area contributed by atoms with Crippen molar-refractivity contribution in [3.63, 3.8) is 0 Å². The lowest BCUT2D eigenvalue weighted by Gasteiger charge is -2.27. The average molecular weight is 399 g/mol. The van der Waals surface area contributed by atoms with Crippen LogP contribution in [0.5, 0.6) is 5.75 Å². The van der Waals surface area contributed by atoms with Crippen molar-refractivity contribution < 1.29 is 41.0 Å². The molecule has 1 fully saturated rings. The van der Waals surface area contributed by atoms with E-state index in [0.29, 0.717) is 37.8 Å². The van der Waals surface area contributed by atoms with Crippen molar-refractivity contribution in [2.75, 3.05) is 0 Å². The van der Waals surface area contributed by atoms with Crippen LogP contribution in [-0.2, 0) is 11.3 Å². The fourth-order valence-corrected chi connectivity index (χ4v) is 2.88. The van der Waals surface area contributed by atoms with E-state index in [2.05, 4.69) is 10.1 Å². The Balaban J connectivity index is 1.84. The summed E-state index contributed by atoms with van der Waals surface area (Å²) in [4.78, 5) is 10.9. The third kappa shape index (κ3) is 6.02. The molecule has 1 aliphatic rings. The Morgan fingerprint density at radius 2 is 1.67 bits per heavy atom. The maximum atomic E-state index is 13.2. The largest absolute Gasteiger partial charge is 0.481 e. The Labute approximate surface area is 151 Å². The summed E-state index contributed by atoms with van der Waals surface area (Å²) in [5.41, 5.74) is 0.665. The summed E-state index contributed by atoms with van der Waals surface area (Å²) in [6, 6.07) is 4.95. The first kappa shape index (κ1) is 21.3. The second kappa shape index (κ2) is 8.37. The highest BCUT2D eigenvalue weighted by Gasteiger charge is 2.59. The van der Waals surface area contributed by atoms with Crippen molar-refractivity contribution in [3.8, 4) is 5.75 Å². The molecule has 1 unspecified atom stereocenters. The van der Waals surface area contributed by atoms with Crippen LogP contribution in [0.25, 0.3) is 0 Å². The van der Waals surface area contributed by atoms with Gasteiger partial charge in [0.05, 0.1) is 5.92 Å². The molecule has 10 heteroatoms. The van der Waals surface area contributed by atoms with Crippen molar-refractivity contribution in [2.24, 2.45) is 5.92 Å². The van der Waals surface area contributed by atoms with Crippen LogP contribution in [0.15, 0.2) is 24.3 Å². The van der Waals surface area contributed by atoms with Gasteiger partial charge in [-0.15, -0.1) is 0 Å². The molecule has 0 aliphatic heterocycles. The molecule has 4 nitrogen and oxygen atoms in total. The number of carboxylic acids is 1. The number of hydrogen-bond donors (Lipinski definition) is 2. The van der Waals surface area contributed by atoms with Gasteiger partial charge in [0.1, 0.15) is 5.75 Å². The molecule has 1 atom stereocenters. The van der Waals surface area contributed by atoms with Crippen LogP contribution in [0.4, 0.5) is 26.3 Å². The molecule has 27 heavy (non-hydrogen) atoms. The van der Waals surface area contributed by atoms with Gasteiger partial charge >= 0.3 is 18.3 Å². The summed E-state index contributed by atoms with van der Waals surface area (Å²) < 4.78 is 79.3. The minimum absolute atomic E-state index is 0.125. The topological polar surface area (TPSA) is 58.6 Å². The van der Waals surface area contributed by atoms with Crippen LogP contribution in [0, 0.1) is 5.92 Å². The summed E-state index contributed by atoms with van der Waals surface area (Å²) in [5, 5.41) is 12.2. The predicted octanol–water partition coefficient (Wildman–Crippen LogP) is 4.29. The number of alkyl halides is 6. The number of benzene rings is 1. The zero-order valence-electron chi connectivity index (χ0n) is 14.1. The number of halogens is 6. The van der Waals surface area contributed by atoms with E-state index in [1.807, 2.05) is 0 Å². The van der Waals surface area contributed by atoms with Crippen LogP contribution in [-0.4, -0.2) is 35.6 Å². The normalized spacial score (nSPS) is 22.3. The molecule has 2 N–H and O–H groups in total. The molecule has 0 amide bonds. The van der Waals surface area contributed by atoms with E-state index in [0.717, 1.165) is 12.1 Å². The van der Waals surface area contributed by atoms with Crippen LogP contribution in [0.3, 0.4) is 0 Å². The molecule has 1 saturated carbocycles. The lowest BCUT2D eigenvalue weighted by atomic mass is 9.86. The molecule has 0 radical (unpaired) electrons. The van der Waals surface area contributed by atoms with E-state index >= 15 is 0 Å². The molecule has 0 spiro atoms. The van der Waals surface area contributed by atoms with Gasteiger partial charge in [0.25, 0.3) is 6.17 Å². The predicted molar refractivity (Wildman–Crippen MR) is 83.2 cm³/mol. The summed E-state index contributed by atoms with van der Waals surface area (Å²) in [6.07, 6.45) is -12.7. The first-order valence-electron chi connectivity index (χ1n) is 8.32.